The van der Waals surface area contributed by atoms with Crippen molar-refractivity contribution in [2.24, 2.45) is 5.92 Å². The molecule has 1 aromatic heterocycles. The minimum Gasteiger partial charge on any atom is -0.380 e. The van der Waals surface area contributed by atoms with Crippen LogP contribution in [-0.4, -0.2) is 22.8 Å². The number of anilines is 2. The highest BCUT2D eigenvalue weighted by molar-refractivity contribution is 5.52. The fourth-order valence-electron chi connectivity index (χ4n) is 1.85. The molecule has 0 saturated heterocycles. The molecule has 0 aliphatic heterocycles. The Morgan fingerprint density at radius 3 is 2.75 bits per heavy atom. The van der Waals surface area contributed by atoms with Crippen LogP contribution in [-0.2, 0) is 11.3 Å². The van der Waals surface area contributed by atoms with Gasteiger partial charge in [-0.1, -0.05) is 32.0 Å². The van der Waals surface area contributed by atoms with E-state index in [0.717, 1.165) is 31.2 Å². The standard InChI is InChI=1S/C16H23N3O/c1-14(2)8-12-20-13-11-19-10-9-17-16(19)18-15-6-4-3-5-7-15/h3-7,9-10,14H,8,11-13H2,1-2H3,(H,17,18). The lowest BCUT2D eigenvalue weighted by Gasteiger charge is -2.10. The molecule has 0 fully saturated rings. The number of imidazole rings is 1. The zero-order valence-electron chi connectivity index (χ0n) is 12.2. The molecule has 1 N–H and O–H groups in total. The van der Waals surface area contributed by atoms with Gasteiger partial charge in [-0.3, -0.25) is 0 Å². The number of hydrogen-bond donors (Lipinski definition) is 1. The molecule has 1 aromatic carbocycles. The van der Waals surface area contributed by atoms with Crippen LogP contribution in [0.1, 0.15) is 20.3 Å². The lowest BCUT2D eigenvalue weighted by Crippen LogP contribution is -2.09. The molecule has 0 amide bonds. The number of hydrogen-bond acceptors (Lipinski definition) is 3. The van der Waals surface area contributed by atoms with E-state index >= 15 is 0 Å². The molecule has 4 heteroatoms. The van der Waals surface area contributed by atoms with Crippen molar-refractivity contribution in [1.29, 1.82) is 0 Å². The Bertz CT molecular complexity index is 493. The summed E-state index contributed by atoms with van der Waals surface area (Å²) in [7, 11) is 0. The molecule has 0 aliphatic rings. The minimum atomic E-state index is 0.693. The van der Waals surface area contributed by atoms with Crippen molar-refractivity contribution in [3.05, 3.63) is 42.7 Å². The Morgan fingerprint density at radius 1 is 1.20 bits per heavy atom. The van der Waals surface area contributed by atoms with E-state index in [0.29, 0.717) is 12.5 Å². The summed E-state index contributed by atoms with van der Waals surface area (Å²) in [6.45, 7) is 6.77. The maximum absolute atomic E-state index is 5.65. The van der Waals surface area contributed by atoms with Gasteiger partial charge in [-0.25, -0.2) is 4.98 Å². The lowest BCUT2D eigenvalue weighted by atomic mass is 10.1. The Morgan fingerprint density at radius 2 is 2.00 bits per heavy atom. The number of nitrogens with zero attached hydrogens (tertiary/aromatic N) is 2. The molecular formula is C16H23N3O. The first kappa shape index (κ1) is 14.6. The summed E-state index contributed by atoms with van der Waals surface area (Å²) >= 11 is 0. The van der Waals surface area contributed by atoms with Gasteiger partial charge in [-0.2, -0.15) is 0 Å². The van der Waals surface area contributed by atoms with Crippen molar-refractivity contribution in [3.8, 4) is 0 Å². The Labute approximate surface area is 120 Å². The monoisotopic (exact) mass is 273 g/mol. The van der Waals surface area contributed by atoms with Crippen molar-refractivity contribution >= 4 is 11.6 Å². The van der Waals surface area contributed by atoms with Crippen LogP contribution >= 0.6 is 0 Å². The Hall–Kier alpha value is -1.81. The molecule has 0 spiro atoms. The fourth-order valence-corrected chi connectivity index (χ4v) is 1.85. The normalized spacial score (nSPS) is 10.9. The predicted octanol–water partition coefficient (Wildman–Crippen LogP) is 3.69. The molecule has 0 radical (unpaired) electrons. The van der Waals surface area contributed by atoms with Crippen molar-refractivity contribution in [3.63, 3.8) is 0 Å². The molecule has 0 atom stereocenters. The largest absolute Gasteiger partial charge is 0.380 e. The van der Waals surface area contributed by atoms with Crippen LogP contribution in [0.4, 0.5) is 11.6 Å². The number of para-hydroxylation sites is 1. The highest BCUT2D eigenvalue weighted by atomic mass is 16.5. The summed E-state index contributed by atoms with van der Waals surface area (Å²) in [5, 5.41) is 3.31. The van der Waals surface area contributed by atoms with Crippen LogP contribution in [0.3, 0.4) is 0 Å². The van der Waals surface area contributed by atoms with Crippen LogP contribution in [0.15, 0.2) is 42.7 Å². The summed E-state index contributed by atoms with van der Waals surface area (Å²) in [6, 6.07) is 10.1. The van der Waals surface area contributed by atoms with Gasteiger partial charge in [0.1, 0.15) is 0 Å². The Kier molecular flexibility index (Phi) is 5.62. The van der Waals surface area contributed by atoms with Gasteiger partial charge < -0.3 is 14.6 Å². The SMILES string of the molecule is CC(C)CCOCCn1ccnc1Nc1ccccc1. The van der Waals surface area contributed by atoms with E-state index in [2.05, 4.69) is 28.7 Å². The number of rotatable bonds is 8. The van der Waals surface area contributed by atoms with E-state index in [1.807, 2.05) is 36.5 Å². The molecule has 0 unspecified atom stereocenters. The minimum absolute atomic E-state index is 0.693. The highest BCUT2D eigenvalue weighted by Gasteiger charge is 2.03. The second kappa shape index (κ2) is 7.70. The van der Waals surface area contributed by atoms with E-state index in [4.69, 9.17) is 4.74 Å². The smallest absolute Gasteiger partial charge is 0.207 e. The molecular weight excluding hydrogens is 250 g/mol. The van der Waals surface area contributed by atoms with E-state index in [9.17, 15) is 0 Å². The van der Waals surface area contributed by atoms with Gasteiger partial charge in [0.25, 0.3) is 0 Å². The first-order chi connectivity index (χ1) is 9.75. The average molecular weight is 273 g/mol. The van der Waals surface area contributed by atoms with E-state index in [1.54, 1.807) is 6.20 Å². The van der Waals surface area contributed by atoms with E-state index in [1.165, 1.54) is 0 Å². The zero-order chi connectivity index (χ0) is 14.2. The van der Waals surface area contributed by atoms with Crippen LogP contribution in [0.5, 0.6) is 0 Å². The summed E-state index contributed by atoms with van der Waals surface area (Å²) in [6.07, 6.45) is 4.88. The maximum atomic E-state index is 5.65. The molecule has 0 saturated carbocycles. The molecule has 2 aromatic rings. The molecule has 2 rings (SSSR count). The quantitative estimate of drug-likeness (QED) is 0.746. The first-order valence-corrected chi connectivity index (χ1v) is 7.16. The van der Waals surface area contributed by atoms with Gasteiger partial charge >= 0.3 is 0 Å². The topological polar surface area (TPSA) is 39.1 Å². The summed E-state index contributed by atoms with van der Waals surface area (Å²) in [4.78, 5) is 4.33. The third kappa shape index (κ3) is 4.70. The van der Waals surface area contributed by atoms with Crippen LogP contribution in [0, 0.1) is 5.92 Å². The van der Waals surface area contributed by atoms with Crippen LogP contribution in [0.25, 0.3) is 0 Å². The Balaban J connectivity index is 1.80. The molecule has 0 bridgehead atoms. The van der Waals surface area contributed by atoms with E-state index < -0.39 is 0 Å². The van der Waals surface area contributed by atoms with Gasteiger partial charge in [0.15, 0.2) is 0 Å². The third-order valence-corrected chi connectivity index (χ3v) is 3.06. The molecule has 1 heterocycles. The number of benzene rings is 1. The van der Waals surface area contributed by atoms with Crippen molar-refractivity contribution < 1.29 is 4.74 Å². The third-order valence-electron chi connectivity index (χ3n) is 3.06. The van der Waals surface area contributed by atoms with E-state index in [-0.39, 0.29) is 0 Å². The van der Waals surface area contributed by atoms with Crippen LogP contribution < -0.4 is 5.32 Å². The summed E-state index contributed by atoms with van der Waals surface area (Å²) in [5.74, 6) is 1.54. The maximum Gasteiger partial charge on any atom is 0.207 e. The van der Waals surface area contributed by atoms with Gasteiger partial charge in [-0.05, 0) is 24.5 Å². The number of aromatic nitrogens is 2. The predicted molar refractivity (Wildman–Crippen MR) is 82.2 cm³/mol. The van der Waals surface area contributed by atoms with Crippen molar-refractivity contribution in [2.75, 3.05) is 18.5 Å². The average Bonchev–Trinajstić information content (AvgIpc) is 2.87. The summed E-state index contributed by atoms with van der Waals surface area (Å²) < 4.78 is 7.72. The van der Waals surface area contributed by atoms with Gasteiger partial charge in [0, 0.05) is 31.2 Å². The van der Waals surface area contributed by atoms with Crippen molar-refractivity contribution in [2.45, 2.75) is 26.8 Å². The lowest BCUT2D eigenvalue weighted by molar-refractivity contribution is 0.116. The van der Waals surface area contributed by atoms with Crippen molar-refractivity contribution in [1.82, 2.24) is 9.55 Å². The van der Waals surface area contributed by atoms with Gasteiger partial charge in [0.05, 0.1) is 6.61 Å². The summed E-state index contributed by atoms with van der Waals surface area (Å²) in [5.41, 5.74) is 1.04. The van der Waals surface area contributed by atoms with Gasteiger partial charge in [-0.15, -0.1) is 0 Å². The zero-order valence-corrected chi connectivity index (χ0v) is 12.2. The fraction of sp³-hybridized carbons (Fsp3) is 0.438. The first-order valence-electron chi connectivity index (χ1n) is 7.16. The molecule has 0 aliphatic carbocycles. The van der Waals surface area contributed by atoms with Crippen LogP contribution in [0.2, 0.25) is 0 Å². The van der Waals surface area contributed by atoms with Gasteiger partial charge in [0.2, 0.25) is 5.95 Å². The number of ether oxygens (including phenoxy) is 1. The second-order valence-electron chi connectivity index (χ2n) is 5.23. The second-order valence-corrected chi connectivity index (χ2v) is 5.23. The molecule has 108 valence electrons. The number of nitrogens with one attached hydrogen (secondary N) is 1. The highest BCUT2D eigenvalue weighted by Crippen LogP contribution is 2.13. The molecule has 4 nitrogen and oxygen atoms in total. The molecule has 20 heavy (non-hydrogen) atoms.